The average molecular weight is 284 g/mol. The number of hydrogen-bond acceptors (Lipinski definition) is 0. The van der Waals surface area contributed by atoms with Crippen LogP contribution in [-0.2, 0) is 0 Å². The van der Waals surface area contributed by atoms with Crippen LogP contribution < -0.4 is 0 Å². The summed E-state index contributed by atoms with van der Waals surface area (Å²) in [5.41, 5.74) is 7.55. The number of rotatable bonds is 3. The van der Waals surface area contributed by atoms with Crippen molar-refractivity contribution in [1.29, 1.82) is 0 Å². The Morgan fingerprint density at radius 2 is 0.773 bits per heavy atom. The second-order valence-corrected chi connectivity index (χ2v) is 5.73. The third kappa shape index (κ3) is 3.53. The molecule has 0 unspecified atom stereocenters. The van der Waals surface area contributed by atoms with Gasteiger partial charge in [0, 0.05) is 0 Å². The summed E-state index contributed by atoms with van der Waals surface area (Å²) in [6.07, 6.45) is 4.31. The molecule has 0 saturated carbocycles. The first-order valence-electron chi connectivity index (χ1n) is 7.62. The zero-order valence-corrected chi connectivity index (χ0v) is 13.1. The number of aryl methyl sites for hydroxylation is 2. The van der Waals surface area contributed by atoms with Gasteiger partial charge < -0.3 is 0 Å². The molecule has 0 spiro atoms. The van der Waals surface area contributed by atoms with E-state index in [1.54, 1.807) is 0 Å². The molecule has 108 valence electrons. The number of hydrogen-bond donors (Lipinski definition) is 0. The average Bonchev–Trinajstić information content (AvgIpc) is 2.56. The molecule has 0 fully saturated rings. The fourth-order valence-corrected chi connectivity index (χ4v) is 2.40. The molecule has 3 aromatic rings. The first-order valence-corrected chi connectivity index (χ1v) is 7.62. The van der Waals surface area contributed by atoms with Gasteiger partial charge in [0.05, 0.1) is 0 Å². The maximum absolute atomic E-state index is 2.18. The Kier molecular flexibility index (Phi) is 4.20. The van der Waals surface area contributed by atoms with E-state index >= 15 is 0 Å². The van der Waals surface area contributed by atoms with E-state index in [-0.39, 0.29) is 0 Å². The van der Waals surface area contributed by atoms with Gasteiger partial charge in [0.25, 0.3) is 0 Å². The third-order valence-electron chi connectivity index (χ3n) is 3.84. The molecule has 0 N–H and O–H groups in total. The lowest BCUT2D eigenvalue weighted by atomic mass is 10.0. The lowest BCUT2D eigenvalue weighted by Crippen LogP contribution is -1.79. The fourth-order valence-electron chi connectivity index (χ4n) is 2.40. The lowest BCUT2D eigenvalue weighted by Gasteiger charge is -2.03. The summed E-state index contributed by atoms with van der Waals surface area (Å²) >= 11 is 0. The smallest absolute Gasteiger partial charge is 0.0184 e. The van der Waals surface area contributed by atoms with E-state index in [1.807, 2.05) is 0 Å². The normalized spacial score (nSPS) is 11.0. The van der Waals surface area contributed by atoms with Crippen LogP contribution in [-0.4, -0.2) is 0 Å². The maximum Gasteiger partial charge on any atom is -0.0184 e. The molecule has 0 heteroatoms. The Bertz CT molecular complexity index is 758. The van der Waals surface area contributed by atoms with E-state index < -0.39 is 0 Å². The van der Waals surface area contributed by atoms with E-state index in [4.69, 9.17) is 0 Å². The summed E-state index contributed by atoms with van der Waals surface area (Å²) < 4.78 is 0. The number of benzene rings is 3. The molecule has 0 heterocycles. The van der Waals surface area contributed by atoms with Crippen LogP contribution in [0.25, 0.3) is 23.3 Å². The van der Waals surface area contributed by atoms with E-state index in [9.17, 15) is 0 Å². The SMILES string of the molecule is Cc1ccc(C=Cc2ccc(-c3ccc(C)cc3)cc2)cc1. The Labute approximate surface area is 132 Å². The molecule has 0 aliphatic carbocycles. The van der Waals surface area contributed by atoms with Gasteiger partial charge in [0.2, 0.25) is 0 Å². The highest BCUT2D eigenvalue weighted by molar-refractivity contribution is 5.72. The van der Waals surface area contributed by atoms with Gasteiger partial charge in [-0.15, -0.1) is 0 Å². The molecule has 0 radical (unpaired) electrons. The van der Waals surface area contributed by atoms with Crippen LogP contribution in [0.4, 0.5) is 0 Å². The second-order valence-electron chi connectivity index (χ2n) is 5.73. The standard InChI is InChI=1S/C22H20/c1-17-3-7-19(8-4-17)9-10-20-11-15-22(16-12-20)21-13-5-18(2)6-14-21/h3-16H,1-2H3. The topological polar surface area (TPSA) is 0 Å². The van der Waals surface area contributed by atoms with Crippen LogP contribution in [0.15, 0.2) is 72.8 Å². The monoisotopic (exact) mass is 284 g/mol. The van der Waals surface area contributed by atoms with Crippen LogP contribution in [0.5, 0.6) is 0 Å². The molecule has 0 aliphatic rings. The molecule has 0 aliphatic heterocycles. The molecule has 0 amide bonds. The fraction of sp³-hybridized carbons (Fsp3) is 0.0909. The Morgan fingerprint density at radius 1 is 0.455 bits per heavy atom. The first-order chi connectivity index (χ1) is 10.7. The van der Waals surface area contributed by atoms with Gasteiger partial charge in [0.15, 0.2) is 0 Å². The van der Waals surface area contributed by atoms with E-state index in [2.05, 4.69) is 98.8 Å². The molecular weight excluding hydrogens is 264 g/mol. The third-order valence-corrected chi connectivity index (χ3v) is 3.84. The minimum atomic E-state index is 1.22. The van der Waals surface area contributed by atoms with Crippen molar-refractivity contribution in [3.05, 3.63) is 95.1 Å². The van der Waals surface area contributed by atoms with Crippen molar-refractivity contribution in [2.24, 2.45) is 0 Å². The highest BCUT2D eigenvalue weighted by atomic mass is 14.0. The minimum absolute atomic E-state index is 1.22. The van der Waals surface area contributed by atoms with Crippen LogP contribution in [0.2, 0.25) is 0 Å². The summed E-state index contributed by atoms with van der Waals surface area (Å²) in [7, 11) is 0. The zero-order valence-electron chi connectivity index (χ0n) is 13.1. The predicted octanol–water partition coefficient (Wildman–Crippen LogP) is 6.14. The predicted molar refractivity (Wildman–Crippen MR) is 96.7 cm³/mol. The quantitative estimate of drug-likeness (QED) is 0.507. The molecule has 0 saturated heterocycles. The van der Waals surface area contributed by atoms with Crippen molar-refractivity contribution >= 4 is 12.2 Å². The molecule has 0 nitrogen and oxygen atoms in total. The van der Waals surface area contributed by atoms with Crippen LogP contribution in [0.3, 0.4) is 0 Å². The van der Waals surface area contributed by atoms with Gasteiger partial charge in [-0.1, -0.05) is 96.1 Å². The Balaban J connectivity index is 1.76. The molecule has 0 bridgehead atoms. The maximum atomic E-state index is 2.18. The summed E-state index contributed by atoms with van der Waals surface area (Å²) in [5.74, 6) is 0. The van der Waals surface area contributed by atoms with E-state index in [0.717, 1.165) is 0 Å². The second kappa shape index (κ2) is 6.44. The van der Waals surface area contributed by atoms with Gasteiger partial charge in [-0.2, -0.15) is 0 Å². The lowest BCUT2D eigenvalue weighted by molar-refractivity contribution is 1.46. The van der Waals surface area contributed by atoms with Gasteiger partial charge >= 0.3 is 0 Å². The Hall–Kier alpha value is -2.60. The van der Waals surface area contributed by atoms with Crippen LogP contribution >= 0.6 is 0 Å². The van der Waals surface area contributed by atoms with Crippen molar-refractivity contribution in [3.8, 4) is 11.1 Å². The largest absolute Gasteiger partial charge is 0.0587 e. The van der Waals surface area contributed by atoms with Gasteiger partial charge in [-0.3, -0.25) is 0 Å². The van der Waals surface area contributed by atoms with Gasteiger partial charge in [-0.25, -0.2) is 0 Å². The zero-order chi connectivity index (χ0) is 15.4. The molecule has 3 rings (SSSR count). The van der Waals surface area contributed by atoms with Gasteiger partial charge in [-0.05, 0) is 36.1 Å². The molecule has 3 aromatic carbocycles. The van der Waals surface area contributed by atoms with Crippen molar-refractivity contribution in [1.82, 2.24) is 0 Å². The summed E-state index contributed by atoms with van der Waals surface area (Å²) in [6.45, 7) is 4.22. The molecule has 22 heavy (non-hydrogen) atoms. The summed E-state index contributed by atoms with van der Waals surface area (Å²) in [6, 6.07) is 25.9. The van der Waals surface area contributed by atoms with Crippen molar-refractivity contribution in [2.45, 2.75) is 13.8 Å². The highest BCUT2D eigenvalue weighted by Gasteiger charge is 1.97. The molecular formula is C22H20. The van der Waals surface area contributed by atoms with E-state index in [0.29, 0.717) is 0 Å². The highest BCUT2D eigenvalue weighted by Crippen LogP contribution is 2.21. The van der Waals surface area contributed by atoms with Crippen LogP contribution in [0, 0.1) is 13.8 Å². The summed E-state index contributed by atoms with van der Waals surface area (Å²) in [4.78, 5) is 0. The minimum Gasteiger partial charge on any atom is -0.0587 e. The Morgan fingerprint density at radius 3 is 1.23 bits per heavy atom. The van der Waals surface area contributed by atoms with Crippen molar-refractivity contribution in [3.63, 3.8) is 0 Å². The van der Waals surface area contributed by atoms with Crippen molar-refractivity contribution < 1.29 is 0 Å². The molecule has 0 atom stereocenters. The van der Waals surface area contributed by atoms with Crippen molar-refractivity contribution in [2.75, 3.05) is 0 Å². The van der Waals surface area contributed by atoms with Crippen LogP contribution in [0.1, 0.15) is 22.3 Å². The van der Waals surface area contributed by atoms with Gasteiger partial charge in [0.1, 0.15) is 0 Å². The molecule has 0 aromatic heterocycles. The first kappa shape index (κ1) is 14.3. The summed E-state index contributed by atoms with van der Waals surface area (Å²) in [5, 5.41) is 0. The van der Waals surface area contributed by atoms with E-state index in [1.165, 1.54) is 33.4 Å².